The van der Waals surface area contributed by atoms with Crippen molar-refractivity contribution >= 4 is 5.69 Å². The Balaban J connectivity index is 2.22. The van der Waals surface area contributed by atoms with E-state index < -0.39 is 0 Å². The molecule has 1 aromatic carbocycles. The summed E-state index contributed by atoms with van der Waals surface area (Å²) in [5.41, 5.74) is 7.46. The number of hydrogen-bond acceptors (Lipinski definition) is 3. The summed E-state index contributed by atoms with van der Waals surface area (Å²) in [6, 6.07) is 10.1. The van der Waals surface area contributed by atoms with E-state index in [1.807, 2.05) is 38.1 Å². The molecule has 2 N–H and O–H groups in total. The van der Waals surface area contributed by atoms with Crippen LogP contribution in [0.15, 0.2) is 24.3 Å². The molecule has 0 saturated heterocycles. The third-order valence-electron chi connectivity index (χ3n) is 2.74. The van der Waals surface area contributed by atoms with E-state index >= 15 is 0 Å². The van der Waals surface area contributed by atoms with E-state index in [2.05, 4.69) is 6.07 Å². The van der Waals surface area contributed by atoms with Crippen molar-refractivity contribution in [1.82, 2.24) is 0 Å². The summed E-state index contributed by atoms with van der Waals surface area (Å²) in [7, 11) is 0. The van der Waals surface area contributed by atoms with Crippen molar-refractivity contribution in [3.05, 3.63) is 29.8 Å². The molecule has 0 amide bonds. The van der Waals surface area contributed by atoms with E-state index in [0.29, 0.717) is 13.2 Å². The molecule has 0 unspecified atom stereocenters. The molecule has 0 spiro atoms. The maximum atomic E-state index is 8.84. The lowest BCUT2D eigenvalue weighted by Gasteiger charge is -2.14. The van der Waals surface area contributed by atoms with Crippen molar-refractivity contribution in [3.8, 4) is 6.07 Å². The van der Waals surface area contributed by atoms with E-state index in [-0.39, 0.29) is 5.41 Å². The summed E-state index contributed by atoms with van der Waals surface area (Å²) in [4.78, 5) is 0. The minimum atomic E-state index is -0.300. The zero-order valence-corrected chi connectivity index (χ0v) is 10.6. The normalized spacial score (nSPS) is 11.1. The predicted molar refractivity (Wildman–Crippen MR) is 69.4 cm³/mol. The zero-order chi connectivity index (χ0) is 12.7. The van der Waals surface area contributed by atoms with Gasteiger partial charge in [0.2, 0.25) is 0 Å². The topological polar surface area (TPSA) is 59.0 Å². The molecule has 92 valence electrons. The number of benzene rings is 1. The second kappa shape index (κ2) is 6.27. The summed E-state index contributed by atoms with van der Waals surface area (Å²) in [6.45, 7) is 5.11. The molecule has 1 aromatic rings. The molecular weight excluding hydrogens is 212 g/mol. The maximum Gasteiger partial charge on any atom is 0.0684 e. The summed E-state index contributed by atoms with van der Waals surface area (Å²) in [5, 5.41) is 8.84. The predicted octanol–water partition coefficient (Wildman–Crippen LogP) is 2.77. The summed E-state index contributed by atoms with van der Waals surface area (Å²) in [5.74, 6) is 0. The summed E-state index contributed by atoms with van der Waals surface area (Å²) >= 11 is 0. The van der Waals surface area contributed by atoms with Gasteiger partial charge in [-0.1, -0.05) is 18.2 Å². The average Bonchev–Trinajstić information content (AvgIpc) is 2.31. The Labute approximate surface area is 103 Å². The molecule has 0 aromatic heterocycles. The first-order chi connectivity index (χ1) is 8.05. The fourth-order valence-corrected chi connectivity index (χ4v) is 1.43. The summed E-state index contributed by atoms with van der Waals surface area (Å²) in [6.07, 6.45) is 1.58. The lowest BCUT2D eigenvalue weighted by atomic mass is 9.92. The molecule has 0 aliphatic carbocycles. The maximum absolute atomic E-state index is 8.84. The molecule has 3 nitrogen and oxygen atoms in total. The van der Waals surface area contributed by atoms with Gasteiger partial charge < -0.3 is 10.5 Å². The van der Waals surface area contributed by atoms with E-state index in [9.17, 15) is 0 Å². The first kappa shape index (κ1) is 13.5. The molecule has 0 bridgehead atoms. The fraction of sp³-hybridized carbons (Fsp3) is 0.500. The van der Waals surface area contributed by atoms with Gasteiger partial charge in [-0.15, -0.1) is 0 Å². The number of para-hydroxylation sites is 1. The second-order valence-corrected chi connectivity index (χ2v) is 4.81. The van der Waals surface area contributed by atoms with Crippen LogP contribution in [0.4, 0.5) is 5.69 Å². The van der Waals surface area contributed by atoms with Crippen LogP contribution in [0.2, 0.25) is 0 Å². The quantitative estimate of drug-likeness (QED) is 0.606. The Morgan fingerprint density at radius 2 is 2.00 bits per heavy atom. The highest BCUT2D eigenvalue weighted by molar-refractivity contribution is 5.46. The third-order valence-corrected chi connectivity index (χ3v) is 2.74. The van der Waals surface area contributed by atoms with Crippen LogP contribution in [0.25, 0.3) is 0 Å². The van der Waals surface area contributed by atoms with Crippen LogP contribution < -0.4 is 5.73 Å². The molecule has 0 atom stereocenters. The van der Waals surface area contributed by atoms with Gasteiger partial charge in [0.1, 0.15) is 0 Å². The van der Waals surface area contributed by atoms with Crippen LogP contribution in [0.3, 0.4) is 0 Å². The third kappa shape index (κ3) is 4.88. The van der Waals surface area contributed by atoms with Gasteiger partial charge in [0.15, 0.2) is 0 Å². The summed E-state index contributed by atoms with van der Waals surface area (Å²) < 4.78 is 5.52. The minimum Gasteiger partial charge on any atom is -0.399 e. The number of ether oxygens (including phenoxy) is 1. The molecule has 0 heterocycles. The lowest BCUT2D eigenvalue weighted by molar-refractivity contribution is 0.117. The van der Waals surface area contributed by atoms with Gasteiger partial charge in [0.05, 0.1) is 18.1 Å². The van der Waals surface area contributed by atoms with Gasteiger partial charge in [0.25, 0.3) is 0 Å². The van der Waals surface area contributed by atoms with Crippen molar-refractivity contribution < 1.29 is 4.74 Å². The first-order valence-corrected chi connectivity index (χ1v) is 5.87. The number of nitrogens with zero attached hydrogens (tertiary/aromatic N) is 1. The lowest BCUT2D eigenvalue weighted by Crippen LogP contribution is -2.12. The number of nitriles is 1. The van der Waals surface area contributed by atoms with Gasteiger partial charge >= 0.3 is 0 Å². The van der Waals surface area contributed by atoms with Crippen LogP contribution in [0, 0.1) is 16.7 Å². The smallest absolute Gasteiger partial charge is 0.0684 e. The van der Waals surface area contributed by atoms with Crippen molar-refractivity contribution in [2.45, 2.75) is 26.7 Å². The first-order valence-electron chi connectivity index (χ1n) is 5.87. The molecule has 17 heavy (non-hydrogen) atoms. The van der Waals surface area contributed by atoms with Crippen LogP contribution in [0.5, 0.6) is 0 Å². The number of nitrogen functional groups attached to an aromatic ring is 1. The van der Waals surface area contributed by atoms with Gasteiger partial charge in [-0.05, 0) is 38.3 Å². The van der Waals surface area contributed by atoms with Crippen LogP contribution >= 0.6 is 0 Å². The Hall–Kier alpha value is -1.53. The molecule has 0 radical (unpaired) electrons. The Morgan fingerprint density at radius 3 is 2.65 bits per heavy atom. The van der Waals surface area contributed by atoms with Gasteiger partial charge in [-0.3, -0.25) is 0 Å². The van der Waals surface area contributed by atoms with E-state index in [1.165, 1.54) is 0 Å². The van der Waals surface area contributed by atoms with E-state index in [4.69, 9.17) is 15.7 Å². The Kier molecular flexibility index (Phi) is 4.99. The number of nitrogens with two attached hydrogens (primary N) is 1. The van der Waals surface area contributed by atoms with Crippen molar-refractivity contribution in [2.24, 2.45) is 5.41 Å². The standard InChI is InChI=1S/C14H20N2O/c1-14(2,11-15)8-10-17-9-7-12-5-3-4-6-13(12)16/h3-6H,7-10,16H2,1-2H3. The van der Waals surface area contributed by atoms with Gasteiger partial charge in [0, 0.05) is 12.3 Å². The molecule has 3 heteroatoms. The van der Waals surface area contributed by atoms with E-state index in [0.717, 1.165) is 24.1 Å². The van der Waals surface area contributed by atoms with Crippen LogP contribution in [0.1, 0.15) is 25.8 Å². The number of rotatable bonds is 6. The minimum absolute atomic E-state index is 0.300. The molecule has 1 rings (SSSR count). The van der Waals surface area contributed by atoms with E-state index in [1.54, 1.807) is 0 Å². The highest BCUT2D eigenvalue weighted by Crippen LogP contribution is 2.18. The molecular formula is C14H20N2O. The van der Waals surface area contributed by atoms with Crippen LogP contribution in [-0.2, 0) is 11.2 Å². The van der Waals surface area contributed by atoms with Gasteiger partial charge in [-0.2, -0.15) is 5.26 Å². The van der Waals surface area contributed by atoms with Crippen molar-refractivity contribution in [2.75, 3.05) is 18.9 Å². The number of hydrogen-bond donors (Lipinski definition) is 1. The van der Waals surface area contributed by atoms with Crippen LogP contribution in [-0.4, -0.2) is 13.2 Å². The number of anilines is 1. The second-order valence-electron chi connectivity index (χ2n) is 4.81. The fourth-order valence-electron chi connectivity index (χ4n) is 1.43. The monoisotopic (exact) mass is 232 g/mol. The highest BCUT2D eigenvalue weighted by Gasteiger charge is 2.15. The highest BCUT2D eigenvalue weighted by atomic mass is 16.5. The average molecular weight is 232 g/mol. The van der Waals surface area contributed by atoms with Crippen molar-refractivity contribution in [3.63, 3.8) is 0 Å². The van der Waals surface area contributed by atoms with Gasteiger partial charge in [-0.25, -0.2) is 0 Å². The molecule has 0 aliphatic rings. The molecule has 0 aliphatic heterocycles. The Bertz CT molecular complexity index is 393. The Morgan fingerprint density at radius 1 is 1.29 bits per heavy atom. The SMILES string of the molecule is CC(C)(C#N)CCOCCc1ccccc1N. The molecule has 0 fully saturated rings. The van der Waals surface area contributed by atoms with Crippen molar-refractivity contribution in [1.29, 1.82) is 5.26 Å². The molecule has 0 saturated carbocycles. The largest absolute Gasteiger partial charge is 0.399 e. The zero-order valence-electron chi connectivity index (χ0n) is 10.6.